The second-order valence-electron chi connectivity index (χ2n) is 5.26. The SMILES string of the molecule is C=C(C)C(=O)ONC(Cc1ccc(OOC(=O)C(=C)C)cc1)C(=O)O. The molecule has 1 aromatic carbocycles. The van der Waals surface area contributed by atoms with E-state index in [-0.39, 0.29) is 23.3 Å². The fraction of sp³-hybridized carbons (Fsp3) is 0.235. The number of rotatable bonds is 9. The number of carbonyl (C=O) groups excluding carboxylic acids is 2. The van der Waals surface area contributed by atoms with Gasteiger partial charge in [-0.05, 0) is 31.5 Å². The number of carboxylic acids is 1. The normalized spacial score (nSPS) is 11.1. The zero-order valence-corrected chi connectivity index (χ0v) is 13.9. The Balaban J connectivity index is 2.62. The van der Waals surface area contributed by atoms with Crippen molar-refractivity contribution in [3.63, 3.8) is 0 Å². The largest absolute Gasteiger partial charge is 0.480 e. The summed E-state index contributed by atoms with van der Waals surface area (Å²) in [5.41, 5.74) is 3.16. The summed E-state index contributed by atoms with van der Waals surface area (Å²) in [6, 6.07) is 5.03. The van der Waals surface area contributed by atoms with E-state index in [0.717, 1.165) is 0 Å². The van der Waals surface area contributed by atoms with Crippen LogP contribution in [-0.2, 0) is 30.5 Å². The molecule has 1 atom stereocenters. The van der Waals surface area contributed by atoms with E-state index in [0.29, 0.717) is 5.56 Å². The molecular formula is C17H19NO7. The molecule has 0 aliphatic heterocycles. The van der Waals surface area contributed by atoms with E-state index in [2.05, 4.69) is 28.4 Å². The quantitative estimate of drug-likeness (QED) is 0.394. The number of carbonyl (C=O) groups is 3. The predicted octanol–water partition coefficient (Wildman–Crippen LogP) is 1.72. The van der Waals surface area contributed by atoms with E-state index in [4.69, 9.17) is 4.89 Å². The van der Waals surface area contributed by atoms with Crippen LogP contribution in [0.4, 0.5) is 0 Å². The molecule has 0 amide bonds. The van der Waals surface area contributed by atoms with Gasteiger partial charge in [0, 0.05) is 17.6 Å². The van der Waals surface area contributed by atoms with Crippen molar-refractivity contribution in [1.29, 1.82) is 0 Å². The zero-order chi connectivity index (χ0) is 19.0. The van der Waals surface area contributed by atoms with Crippen LogP contribution in [0.5, 0.6) is 5.75 Å². The molecule has 2 N–H and O–H groups in total. The first-order valence-electron chi connectivity index (χ1n) is 7.19. The Labute approximate surface area is 144 Å². The molecule has 1 unspecified atom stereocenters. The van der Waals surface area contributed by atoms with E-state index in [1.807, 2.05) is 0 Å². The van der Waals surface area contributed by atoms with Crippen LogP contribution in [0.2, 0.25) is 0 Å². The van der Waals surface area contributed by atoms with Crippen molar-refractivity contribution >= 4 is 17.9 Å². The monoisotopic (exact) mass is 349 g/mol. The fourth-order valence-corrected chi connectivity index (χ4v) is 1.47. The molecule has 134 valence electrons. The van der Waals surface area contributed by atoms with Gasteiger partial charge in [-0.2, -0.15) is 0 Å². The Hall–Kier alpha value is -3.13. The molecule has 0 radical (unpaired) electrons. The van der Waals surface area contributed by atoms with Gasteiger partial charge < -0.3 is 9.94 Å². The second-order valence-corrected chi connectivity index (χ2v) is 5.26. The molecule has 0 bridgehead atoms. The lowest BCUT2D eigenvalue weighted by Gasteiger charge is -2.14. The zero-order valence-electron chi connectivity index (χ0n) is 13.9. The average Bonchev–Trinajstić information content (AvgIpc) is 2.56. The molecule has 0 spiro atoms. The number of hydroxylamine groups is 1. The lowest BCUT2D eigenvalue weighted by molar-refractivity contribution is -0.208. The summed E-state index contributed by atoms with van der Waals surface area (Å²) in [6.07, 6.45) is 0.0463. The van der Waals surface area contributed by atoms with Crippen LogP contribution in [0.25, 0.3) is 0 Å². The number of aliphatic carboxylic acids is 1. The Kier molecular flexibility index (Phi) is 7.36. The van der Waals surface area contributed by atoms with Crippen molar-refractivity contribution in [2.45, 2.75) is 26.3 Å². The Morgan fingerprint density at radius 3 is 2.12 bits per heavy atom. The van der Waals surface area contributed by atoms with Gasteiger partial charge in [0.25, 0.3) is 0 Å². The van der Waals surface area contributed by atoms with Crippen molar-refractivity contribution in [3.8, 4) is 5.75 Å². The smallest absolute Gasteiger partial charge is 0.381 e. The van der Waals surface area contributed by atoms with Gasteiger partial charge in [0.1, 0.15) is 6.04 Å². The molecule has 0 aliphatic rings. The molecule has 1 rings (SSSR count). The van der Waals surface area contributed by atoms with E-state index >= 15 is 0 Å². The van der Waals surface area contributed by atoms with Crippen LogP contribution in [0.1, 0.15) is 19.4 Å². The molecule has 8 nitrogen and oxygen atoms in total. The number of hydrogen-bond acceptors (Lipinski definition) is 7. The first-order valence-corrected chi connectivity index (χ1v) is 7.19. The van der Waals surface area contributed by atoms with E-state index in [1.54, 1.807) is 12.1 Å². The third-order valence-electron chi connectivity index (χ3n) is 2.87. The van der Waals surface area contributed by atoms with Crippen LogP contribution in [0.3, 0.4) is 0 Å². The molecule has 0 aromatic heterocycles. The number of benzene rings is 1. The van der Waals surface area contributed by atoms with Gasteiger partial charge in [0.15, 0.2) is 5.75 Å². The summed E-state index contributed by atoms with van der Waals surface area (Å²) in [5, 5.41) is 9.17. The van der Waals surface area contributed by atoms with Crippen molar-refractivity contribution < 1.29 is 34.1 Å². The lowest BCUT2D eigenvalue weighted by atomic mass is 10.1. The minimum Gasteiger partial charge on any atom is -0.480 e. The van der Waals surface area contributed by atoms with Gasteiger partial charge in [-0.3, -0.25) is 9.68 Å². The molecule has 0 aliphatic carbocycles. The highest BCUT2D eigenvalue weighted by atomic mass is 17.2. The van der Waals surface area contributed by atoms with Crippen molar-refractivity contribution in [1.82, 2.24) is 5.48 Å². The fourth-order valence-electron chi connectivity index (χ4n) is 1.47. The van der Waals surface area contributed by atoms with Gasteiger partial charge in [-0.1, -0.05) is 25.3 Å². The topological polar surface area (TPSA) is 111 Å². The van der Waals surface area contributed by atoms with Crippen molar-refractivity contribution in [2.75, 3.05) is 0 Å². The number of hydrogen-bond donors (Lipinski definition) is 2. The van der Waals surface area contributed by atoms with Crippen LogP contribution < -0.4 is 10.4 Å². The predicted molar refractivity (Wildman–Crippen MR) is 87.1 cm³/mol. The summed E-state index contributed by atoms with van der Waals surface area (Å²) in [7, 11) is 0. The molecule has 1 aromatic rings. The number of carboxylic acid groups (broad SMARTS) is 1. The van der Waals surface area contributed by atoms with Gasteiger partial charge in [0.05, 0.1) is 0 Å². The molecule has 25 heavy (non-hydrogen) atoms. The Morgan fingerprint density at radius 2 is 1.64 bits per heavy atom. The minimum absolute atomic E-state index is 0.0463. The van der Waals surface area contributed by atoms with Gasteiger partial charge in [0.2, 0.25) is 0 Å². The minimum atomic E-state index is -1.19. The van der Waals surface area contributed by atoms with Crippen molar-refractivity contribution in [2.24, 2.45) is 0 Å². The van der Waals surface area contributed by atoms with Crippen LogP contribution in [-0.4, -0.2) is 29.1 Å². The van der Waals surface area contributed by atoms with Crippen LogP contribution >= 0.6 is 0 Å². The first kappa shape index (κ1) is 19.9. The summed E-state index contributed by atoms with van der Waals surface area (Å²) >= 11 is 0. The Bertz CT molecular complexity index is 679. The van der Waals surface area contributed by atoms with Crippen LogP contribution in [0.15, 0.2) is 48.6 Å². The van der Waals surface area contributed by atoms with Crippen molar-refractivity contribution in [3.05, 3.63) is 54.1 Å². The maximum atomic E-state index is 11.3. The second kappa shape index (κ2) is 9.24. The molecule has 0 saturated heterocycles. The molecular weight excluding hydrogens is 330 g/mol. The summed E-state index contributed by atoms with van der Waals surface area (Å²) in [6.45, 7) is 9.73. The highest BCUT2D eigenvalue weighted by Crippen LogP contribution is 2.14. The van der Waals surface area contributed by atoms with E-state index < -0.39 is 23.9 Å². The maximum Gasteiger partial charge on any atom is 0.381 e. The standard InChI is InChI=1S/C17H19NO7/c1-10(2)16(21)23-18-14(15(19)20)9-12-5-7-13(8-6-12)24-25-17(22)11(3)4/h5-8,14,18H,1,3,9H2,2,4H3,(H,19,20). The van der Waals surface area contributed by atoms with E-state index in [1.165, 1.54) is 26.0 Å². The van der Waals surface area contributed by atoms with Gasteiger partial charge in [-0.25, -0.2) is 14.5 Å². The average molecular weight is 349 g/mol. The first-order chi connectivity index (χ1) is 11.7. The van der Waals surface area contributed by atoms with Gasteiger partial charge >= 0.3 is 17.9 Å². The summed E-state index contributed by atoms with van der Waals surface area (Å²) < 4.78 is 0. The highest BCUT2D eigenvalue weighted by Gasteiger charge is 2.20. The molecule has 0 fully saturated rings. The highest BCUT2D eigenvalue weighted by molar-refractivity contribution is 5.87. The maximum absolute atomic E-state index is 11.3. The van der Waals surface area contributed by atoms with E-state index in [9.17, 15) is 19.5 Å². The third-order valence-corrected chi connectivity index (χ3v) is 2.87. The number of nitrogens with one attached hydrogen (secondary N) is 1. The lowest BCUT2D eigenvalue weighted by Crippen LogP contribution is -2.40. The summed E-state index contributed by atoms with van der Waals surface area (Å²) in [5.74, 6) is -2.37. The van der Waals surface area contributed by atoms with Gasteiger partial charge in [-0.15, -0.1) is 5.48 Å². The molecule has 0 saturated carbocycles. The Morgan fingerprint density at radius 1 is 1.08 bits per heavy atom. The molecule has 8 heteroatoms. The third kappa shape index (κ3) is 6.88. The molecule has 0 heterocycles. The van der Waals surface area contributed by atoms with Crippen LogP contribution in [0, 0.1) is 0 Å². The summed E-state index contributed by atoms with van der Waals surface area (Å²) in [4.78, 5) is 47.7.